The lowest BCUT2D eigenvalue weighted by molar-refractivity contribution is -0.115. The summed E-state index contributed by atoms with van der Waals surface area (Å²) in [6.07, 6.45) is 1.93. The van der Waals surface area contributed by atoms with Crippen molar-refractivity contribution in [1.82, 2.24) is 4.98 Å². The van der Waals surface area contributed by atoms with Crippen LogP contribution in [0.4, 0.5) is 17.2 Å². The van der Waals surface area contributed by atoms with Gasteiger partial charge >= 0.3 is 0 Å². The van der Waals surface area contributed by atoms with Crippen LogP contribution in [0.1, 0.15) is 5.56 Å². The second-order valence-corrected chi connectivity index (χ2v) is 6.15. The molecule has 6 heteroatoms. The van der Waals surface area contributed by atoms with Gasteiger partial charge in [0.25, 0.3) is 0 Å². The number of carbonyl (C=O) groups excluding carboxylic acids is 1. The molecule has 0 radical (unpaired) electrons. The first-order valence-electron chi connectivity index (χ1n) is 7.63. The van der Waals surface area contributed by atoms with E-state index >= 15 is 0 Å². The van der Waals surface area contributed by atoms with Crippen molar-refractivity contribution in [3.8, 4) is 0 Å². The molecule has 0 saturated carbocycles. The number of carbonyl (C=O) groups is 1. The van der Waals surface area contributed by atoms with Crippen molar-refractivity contribution in [2.45, 2.75) is 6.42 Å². The summed E-state index contributed by atoms with van der Waals surface area (Å²) < 4.78 is 0. The summed E-state index contributed by atoms with van der Waals surface area (Å²) in [6, 6.07) is 18.4. The zero-order valence-corrected chi connectivity index (χ0v) is 14.7. The zero-order valence-electron chi connectivity index (χ0n) is 13.2. The number of hydrogen-bond donors (Lipinski definition) is 2. The first-order chi connectivity index (χ1) is 12.1. The molecule has 0 bridgehead atoms. The first kappa shape index (κ1) is 17.3. The Balaban J connectivity index is 1.62. The Morgan fingerprint density at radius 3 is 2.48 bits per heavy atom. The number of rotatable bonds is 5. The highest BCUT2D eigenvalue weighted by molar-refractivity contribution is 6.43. The average Bonchev–Trinajstić information content (AvgIpc) is 2.61. The Morgan fingerprint density at radius 1 is 0.960 bits per heavy atom. The van der Waals surface area contributed by atoms with Crippen molar-refractivity contribution in [3.05, 3.63) is 82.5 Å². The molecule has 1 aromatic heterocycles. The van der Waals surface area contributed by atoms with Gasteiger partial charge in [0, 0.05) is 0 Å². The normalized spacial score (nSPS) is 10.3. The molecule has 2 N–H and O–H groups in total. The van der Waals surface area contributed by atoms with Crippen LogP contribution in [-0.2, 0) is 11.2 Å². The highest BCUT2D eigenvalue weighted by atomic mass is 35.5. The number of hydrogen-bond acceptors (Lipinski definition) is 3. The molecule has 2 aromatic carbocycles. The SMILES string of the molecule is O=C(Cc1ccccc1)Nc1ccc(Nc2cccc(Cl)c2Cl)cn1. The summed E-state index contributed by atoms with van der Waals surface area (Å²) in [4.78, 5) is 16.3. The molecule has 4 nitrogen and oxygen atoms in total. The van der Waals surface area contributed by atoms with Crippen molar-refractivity contribution in [1.29, 1.82) is 0 Å². The molecular formula is C19H15Cl2N3O. The van der Waals surface area contributed by atoms with Gasteiger partial charge in [0.05, 0.1) is 34.0 Å². The molecule has 0 aliphatic carbocycles. The Bertz CT molecular complexity index is 868. The highest BCUT2D eigenvalue weighted by Gasteiger charge is 2.07. The van der Waals surface area contributed by atoms with Crippen LogP contribution >= 0.6 is 23.2 Å². The lowest BCUT2D eigenvalue weighted by Gasteiger charge is -2.10. The summed E-state index contributed by atoms with van der Waals surface area (Å²) in [6.45, 7) is 0. The fraction of sp³-hybridized carbons (Fsp3) is 0.0526. The largest absolute Gasteiger partial charge is 0.353 e. The molecule has 0 aliphatic rings. The molecule has 126 valence electrons. The van der Waals surface area contributed by atoms with Crippen LogP contribution < -0.4 is 10.6 Å². The maximum Gasteiger partial charge on any atom is 0.229 e. The van der Waals surface area contributed by atoms with Crippen LogP contribution in [0, 0.1) is 0 Å². The van der Waals surface area contributed by atoms with Crippen molar-refractivity contribution in [3.63, 3.8) is 0 Å². The Morgan fingerprint density at radius 2 is 1.76 bits per heavy atom. The predicted octanol–water partition coefficient (Wildman–Crippen LogP) is 5.31. The molecule has 1 heterocycles. The van der Waals surface area contributed by atoms with Gasteiger partial charge in [-0.3, -0.25) is 4.79 Å². The lowest BCUT2D eigenvalue weighted by Crippen LogP contribution is -2.15. The molecule has 1 amide bonds. The quantitative estimate of drug-likeness (QED) is 0.638. The minimum atomic E-state index is -0.114. The van der Waals surface area contributed by atoms with E-state index in [1.807, 2.05) is 48.5 Å². The van der Waals surface area contributed by atoms with E-state index in [1.165, 1.54) is 0 Å². The molecule has 0 spiro atoms. The van der Waals surface area contributed by atoms with Crippen LogP contribution in [0.5, 0.6) is 0 Å². The molecule has 0 saturated heterocycles. The van der Waals surface area contributed by atoms with Gasteiger partial charge in [0.1, 0.15) is 5.82 Å². The van der Waals surface area contributed by atoms with Gasteiger partial charge in [-0.25, -0.2) is 4.98 Å². The fourth-order valence-electron chi connectivity index (χ4n) is 2.27. The van der Waals surface area contributed by atoms with E-state index in [4.69, 9.17) is 23.2 Å². The number of halogens is 2. The van der Waals surface area contributed by atoms with Gasteiger partial charge < -0.3 is 10.6 Å². The van der Waals surface area contributed by atoms with Crippen molar-refractivity contribution in [2.24, 2.45) is 0 Å². The number of nitrogens with one attached hydrogen (secondary N) is 2. The maximum absolute atomic E-state index is 12.0. The molecule has 0 fully saturated rings. The second kappa shape index (κ2) is 8.01. The molecular weight excluding hydrogens is 357 g/mol. The number of benzene rings is 2. The zero-order chi connectivity index (χ0) is 17.6. The standard InChI is InChI=1S/C19H15Cl2N3O/c20-15-7-4-8-16(19(15)21)23-14-9-10-17(22-12-14)24-18(25)11-13-5-2-1-3-6-13/h1-10,12,23H,11H2,(H,22,24,25). The molecule has 0 unspecified atom stereocenters. The average molecular weight is 372 g/mol. The molecule has 3 aromatic rings. The van der Waals surface area contributed by atoms with Crippen LogP contribution in [-0.4, -0.2) is 10.9 Å². The third-order valence-electron chi connectivity index (χ3n) is 3.47. The van der Waals surface area contributed by atoms with Gasteiger partial charge in [-0.2, -0.15) is 0 Å². The van der Waals surface area contributed by atoms with E-state index in [2.05, 4.69) is 15.6 Å². The first-order valence-corrected chi connectivity index (χ1v) is 8.38. The summed E-state index contributed by atoms with van der Waals surface area (Å²) in [7, 11) is 0. The van der Waals surface area contributed by atoms with E-state index in [0.29, 0.717) is 28.0 Å². The number of nitrogens with zero attached hydrogens (tertiary/aromatic N) is 1. The van der Waals surface area contributed by atoms with Gasteiger partial charge in [0.2, 0.25) is 5.91 Å². The molecule has 25 heavy (non-hydrogen) atoms. The monoisotopic (exact) mass is 371 g/mol. The third kappa shape index (κ3) is 4.72. The summed E-state index contributed by atoms with van der Waals surface area (Å²) in [5.74, 6) is 0.376. The Hall–Kier alpha value is -2.56. The van der Waals surface area contributed by atoms with Crippen LogP contribution in [0.25, 0.3) is 0 Å². The minimum Gasteiger partial charge on any atom is -0.353 e. The third-order valence-corrected chi connectivity index (χ3v) is 4.29. The topological polar surface area (TPSA) is 54.0 Å². The lowest BCUT2D eigenvalue weighted by atomic mass is 10.1. The predicted molar refractivity (Wildman–Crippen MR) is 103 cm³/mol. The van der Waals surface area contributed by atoms with E-state index < -0.39 is 0 Å². The maximum atomic E-state index is 12.0. The number of aromatic nitrogens is 1. The number of amides is 1. The second-order valence-electron chi connectivity index (χ2n) is 5.37. The van der Waals surface area contributed by atoms with Crippen molar-refractivity contribution < 1.29 is 4.79 Å². The van der Waals surface area contributed by atoms with Gasteiger partial charge in [0.15, 0.2) is 0 Å². The van der Waals surface area contributed by atoms with Gasteiger partial charge in [-0.1, -0.05) is 59.6 Å². The molecule has 0 aliphatic heterocycles. The number of pyridine rings is 1. The van der Waals surface area contributed by atoms with E-state index in [9.17, 15) is 4.79 Å². The van der Waals surface area contributed by atoms with E-state index in [0.717, 1.165) is 11.3 Å². The van der Waals surface area contributed by atoms with Gasteiger partial charge in [-0.15, -0.1) is 0 Å². The summed E-state index contributed by atoms with van der Waals surface area (Å²) in [5, 5.41) is 6.84. The van der Waals surface area contributed by atoms with Gasteiger partial charge in [-0.05, 0) is 29.8 Å². The minimum absolute atomic E-state index is 0.114. The Labute approximate surface area is 155 Å². The highest BCUT2D eigenvalue weighted by Crippen LogP contribution is 2.31. The number of anilines is 3. The van der Waals surface area contributed by atoms with Crippen LogP contribution in [0.15, 0.2) is 66.9 Å². The Kier molecular flexibility index (Phi) is 5.53. The van der Waals surface area contributed by atoms with E-state index in [-0.39, 0.29) is 5.91 Å². The van der Waals surface area contributed by atoms with E-state index in [1.54, 1.807) is 18.3 Å². The summed E-state index contributed by atoms with van der Waals surface area (Å²) in [5.41, 5.74) is 2.39. The fourth-order valence-corrected chi connectivity index (χ4v) is 2.61. The van der Waals surface area contributed by atoms with Crippen molar-refractivity contribution in [2.75, 3.05) is 10.6 Å². The van der Waals surface area contributed by atoms with Crippen molar-refractivity contribution >= 4 is 46.3 Å². The van der Waals surface area contributed by atoms with Crippen LogP contribution in [0.2, 0.25) is 10.0 Å². The molecule has 0 atom stereocenters. The summed E-state index contributed by atoms with van der Waals surface area (Å²) >= 11 is 12.1. The van der Waals surface area contributed by atoms with Crippen LogP contribution in [0.3, 0.4) is 0 Å². The smallest absolute Gasteiger partial charge is 0.229 e. The molecule has 3 rings (SSSR count).